The maximum absolute atomic E-state index is 14.3. The van der Waals surface area contributed by atoms with Crippen LogP contribution in [0.15, 0.2) is 41.1 Å². The van der Waals surface area contributed by atoms with E-state index in [9.17, 15) is 9.18 Å². The second-order valence-corrected chi connectivity index (χ2v) is 6.29. The Morgan fingerprint density at radius 1 is 1.21 bits per heavy atom. The summed E-state index contributed by atoms with van der Waals surface area (Å²) in [6.07, 6.45) is 5.20. The first-order chi connectivity index (χ1) is 14.1. The molecule has 156 valence electrons. The fraction of sp³-hybridized carbons (Fsp3) is 0.364. The van der Waals surface area contributed by atoms with Gasteiger partial charge in [-0.2, -0.15) is 0 Å². The molecule has 1 fully saturated rings. The highest BCUT2D eigenvalue weighted by Crippen LogP contribution is 2.34. The van der Waals surface area contributed by atoms with E-state index in [-0.39, 0.29) is 17.5 Å². The summed E-state index contributed by atoms with van der Waals surface area (Å²) in [5.74, 6) is -0.355. The van der Waals surface area contributed by atoms with Crippen LogP contribution in [-0.4, -0.2) is 41.1 Å². The van der Waals surface area contributed by atoms with Crippen LogP contribution in [0, 0.1) is 12.7 Å². The number of fused-ring (bicyclic) bond motifs is 1. The standard InChI is InChI=1S/C19H18FN3O2.C2H6.CH4O/c1-12-4-5-15(14(20)10-12)22-17-13-11-21-7-6-16(13)25-18(17)19(24)23-8-2-3-9-23;2*1-2/h4-7,10-11,22H,2-3,8-9H2,1H3;1-2H3;2H,1H3. The molecule has 7 heteroatoms. The number of nitrogens with zero attached hydrogens (tertiary/aromatic N) is 2. The van der Waals surface area contributed by atoms with E-state index in [0.29, 0.717) is 35.4 Å². The summed E-state index contributed by atoms with van der Waals surface area (Å²) in [7, 11) is 1.00. The number of benzene rings is 1. The van der Waals surface area contributed by atoms with Crippen LogP contribution in [0.1, 0.15) is 42.8 Å². The van der Waals surface area contributed by atoms with E-state index in [0.717, 1.165) is 25.5 Å². The van der Waals surface area contributed by atoms with E-state index in [2.05, 4.69) is 10.3 Å². The van der Waals surface area contributed by atoms with Crippen molar-refractivity contribution in [1.29, 1.82) is 0 Å². The van der Waals surface area contributed by atoms with Crippen LogP contribution in [0.3, 0.4) is 0 Å². The number of likely N-dealkylation sites (tertiary alicyclic amines) is 1. The van der Waals surface area contributed by atoms with Gasteiger partial charge >= 0.3 is 0 Å². The zero-order chi connectivity index (χ0) is 21.4. The van der Waals surface area contributed by atoms with Gasteiger partial charge in [0.2, 0.25) is 5.76 Å². The predicted octanol–water partition coefficient (Wildman–Crippen LogP) is 4.89. The fourth-order valence-corrected chi connectivity index (χ4v) is 3.14. The van der Waals surface area contributed by atoms with Crippen LogP contribution >= 0.6 is 0 Å². The molecule has 6 nitrogen and oxygen atoms in total. The van der Waals surface area contributed by atoms with E-state index in [4.69, 9.17) is 9.52 Å². The number of hydrogen-bond donors (Lipinski definition) is 2. The molecule has 1 aliphatic rings. The normalized spacial score (nSPS) is 12.7. The average molecular weight is 401 g/mol. The molecule has 3 heterocycles. The van der Waals surface area contributed by atoms with E-state index in [1.54, 1.807) is 29.4 Å². The van der Waals surface area contributed by atoms with E-state index in [1.165, 1.54) is 6.07 Å². The third-order valence-corrected chi connectivity index (χ3v) is 4.46. The average Bonchev–Trinajstić information content (AvgIpc) is 3.41. The van der Waals surface area contributed by atoms with Crippen molar-refractivity contribution >= 4 is 28.3 Å². The molecule has 0 radical (unpaired) electrons. The number of nitrogens with one attached hydrogen (secondary N) is 1. The zero-order valence-electron chi connectivity index (χ0n) is 17.3. The monoisotopic (exact) mass is 401 g/mol. The molecular formula is C22H28FN3O3. The number of carbonyl (C=O) groups is 1. The molecule has 0 aliphatic carbocycles. The lowest BCUT2D eigenvalue weighted by Gasteiger charge is -2.15. The first-order valence-corrected chi connectivity index (χ1v) is 9.77. The second-order valence-electron chi connectivity index (χ2n) is 6.29. The molecule has 2 N–H and O–H groups in total. The lowest BCUT2D eigenvalue weighted by Crippen LogP contribution is -2.27. The number of halogens is 1. The van der Waals surface area contributed by atoms with Crippen LogP contribution in [0.25, 0.3) is 11.0 Å². The minimum atomic E-state index is -0.377. The number of hydrogen-bond acceptors (Lipinski definition) is 5. The predicted molar refractivity (Wildman–Crippen MR) is 113 cm³/mol. The smallest absolute Gasteiger partial charge is 0.291 e. The Bertz CT molecular complexity index is 950. The van der Waals surface area contributed by atoms with Gasteiger partial charge in [-0.3, -0.25) is 9.78 Å². The third-order valence-electron chi connectivity index (χ3n) is 4.46. The molecule has 0 saturated carbocycles. The molecule has 0 atom stereocenters. The van der Waals surface area contributed by atoms with E-state index >= 15 is 0 Å². The highest BCUT2D eigenvalue weighted by atomic mass is 19.1. The summed E-state index contributed by atoms with van der Waals surface area (Å²) in [6.45, 7) is 7.26. The van der Waals surface area contributed by atoms with Crippen LogP contribution in [0.4, 0.5) is 15.8 Å². The molecule has 4 rings (SSSR count). The molecule has 1 saturated heterocycles. The van der Waals surface area contributed by atoms with Gasteiger partial charge < -0.3 is 19.7 Å². The first-order valence-electron chi connectivity index (χ1n) is 9.77. The van der Waals surface area contributed by atoms with Crippen molar-refractivity contribution < 1.29 is 18.7 Å². The number of aliphatic hydroxyl groups is 1. The van der Waals surface area contributed by atoms with Gasteiger partial charge in [0.05, 0.1) is 11.1 Å². The summed E-state index contributed by atoms with van der Waals surface area (Å²) in [6, 6.07) is 6.62. The van der Waals surface area contributed by atoms with Gasteiger partial charge in [-0.05, 0) is 43.5 Å². The Morgan fingerprint density at radius 2 is 1.90 bits per heavy atom. The fourth-order valence-electron chi connectivity index (χ4n) is 3.14. The van der Waals surface area contributed by atoms with Crippen molar-refractivity contribution in [3.63, 3.8) is 0 Å². The van der Waals surface area contributed by atoms with Crippen molar-refractivity contribution in [1.82, 2.24) is 9.88 Å². The summed E-state index contributed by atoms with van der Waals surface area (Å²) in [4.78, 5) is 18.7. The van der Waals surface area contributed by atoms with Crippen molar-refractivity contribution in [3.05, 3.63) is 53.8 Å². The minimum Gasteiger partial charge on any atom is -0.448 e. The molecular weight excluding hydrogens is 373 g/mol. The van der Waals surface area contributed by atoms with Crippen molar-refractivity contribution in [2.45, 2.75) is 33.6 Å². The van der Waals surface area contributed by atoms with Crippen LogP contribution in [0.2, 0.25) is 0 Å². The molecule has 1 aromatic carbocycles. The summed E-state index contributed by atoms with van der Waals surface area (Å²) >= 11 is 0. The van der Waals surface area contributed by atoms with E-state index in [1.807, 2.05) is 26.8 Å². The van der Waals surface area contributed by atoms with Gasteiger partial charge in [0.25, 0.3) is 5.91 Å². The number of aryl methyl sites for hydroxylation is 1. The van der Waals surface area contributed by atoms with Crippen LogP contribution in [0.5, 0.6) is 0 Å². The molecule has 29 heavy (non-hydrogen) atoms. The van der Waals surface area contributed by atoms with Crippen molar-refractivity contribution in [2.75, 3.05) is 25.5 Å². The van der Waals surface area contributed by atoms with Crippen LogP contribution < -0.4 is 5.32 Å². The Kier molecular flexibility index (Phi) is 8.15. The van der Waals surface area contributed by atoms with Gasteiger partial charge in [-0.25, -0.2) is 4.39 Å². The quantitative estimate of drug-likeness (QED) is 0.653. The maximum atomic E-state index is 14.3. The number of aromatic nitrogens is 1. The van der Waals surface area contributed by atoms with Gasteiger partial charge in [0.1, 0.15) is 17.1 Å². The van der Waals surface area contributed by atoms with Gasteiger partial charge in [0.15, 0.2) is 0 Å². The number of pyridine rings is 1. The molecule has 0 spiro atoms. The number of aliphatic hydroxyl groups excluding tert-OH is 1. The number of rotatable bonds is 3. The minimum absolute atomic E-state index is 0.177. The van der Waals surface area contributed by atoms with Crippen molar-refractivity contribution in [3.8, 4) is 0 Å². The number of anilines is 2. The van der Waals surface area contributed by atoms with Crippen LogP contribution in [-0.2, 0) is 0 Å². The number of carbonyl (C=O) groups excluding carboxylic acids is 1. The largest absolute Gasteiger partial charge is 0.448 e. The van der Waals surface area contributed by atoms with Gasteiger partial charge in [-0.15, -0.1) is 0 Å². The molecule has 3 aromatic rings. The molecule has 0 bridgehead atoms. The SMILES string of the molecule is CC.CO.Cc1ccc(Nc2c(C(=O)N3CCCC3)oc3ccncc23)c(F)c1. The molecule has 0 unspecified atom stereocenters. The Balaban J connectivity index is 0.000000707. The Labute approximate surface area is 170 Å². The Morgan fingerprint density at radius 3 is 2.55 bits per heavy atom. The number of amides is 1. The zero-order valence-corrected chi connectivity index (χ0v) is 17.3. The maximum Gasteiger partial charge on any atom is 0.291 e. The topological polar surface area (TPSA) is 78.6 Å². The summed E-state index contributed by atoms with van der Waals surface area (Å²) in [5, 5.41) is 10.7. The second kappa shape index (κ2) is 10.6. The first kappa shape index (κ1) is 22.4. The highest BCUT2D eigenvalue weighted by Gasteiger charge is 2.27. The molecule has 2 aromatic heterocycles. The lowest BCUT2D eigenvalue weighted by atomic mass is 10.2. The number of furan rings is 1. The summed E-state index contributed by atoms with van der Waals surface area (Å²) in [5.41, 5.74) is 2.14. The lowest BCUT2D eigenvalue weighted by molar-refractivity contribution is 0.0765. The third kappa shape index (κ3) is 4.92. The van der Waals surface area contributed by atoms with Gasteiger partial charge in [0, 0.05) is 32.6 Å². The molecule has 1 aliphatic heterocycles. The highest BCUT2D eigenvalue weighted by molar-refractivity contribution is 6.07. The van der Waals surface area contributed by atoms with Gasteiger partial charge in [-0.1, -0.05) is 19.9 Å². The summed E-state index contributed by atoms with van der Waals surface area (Å²) < 4.78 is 20.1. The Hall–Kier alpha value is -2.93. The van der Waals surface area contributed by atoms with Crippen molar-refractivity contribution in [2.24, 2.45) is 0 Å². The molecule has 1 amide bonds. The van der Waals surface area contributed by atoms with E-state index < -0.39 is 0 Å².